The van der Waals surface area contributed by atoms with E-state index in [0.29, 0.717) is 28.2 Å². The average molecular weight is 487 g/mol. The van der Waals surface area contributed by atoms with Crippen molar-refractivity contribution in [3.8, 4) is 17.2 Å². The summed E-state index contributed by atoms with van der Waals surface area (Å²) in [6.07, 6.45) is 1.76. The van der Waals surface area contributed by atoms with Gasteiger partial charge in [-0.05, 0) is 60.5 Å². The van der Waals surface area contributed by atoms with Crippen LogP contribution in [0.4, 0.5) is 0 Å². The topological polar surface area (TPSA) is 69.2 Å². The number of hydrazone groups is 1. The predicted molar refractivity (Wildman–Crippen MR) is 131 cm³/mol. The third kappa shape index (κ3) is 7.41. The van der Waals surface area contributed by atoms with Crippen LogP contribution in [0.5, 0.6) is 17.2 Å². The summed E-state index contributed by atoms with van der Waals surface area (Å²) in [6, 6.07) is 18.0. The Bertz CT molecular complexity index is 1120. The molecule has 0 heterocycles. The Labute approximate surface area is 203 Å². The van der Waals surface area contributed by atoms with Gasteiger partial charge in [0.15, 0.2) is 11.5 Å². The first-order valence-electron chi connectivity index (χ1n) is 10.3. The minimum absolute atomic E-state index is 0.214. The van der Waals surface area contributed by atoms with E-state index in [9.17, 15) is 4.79 Å². The Morgan fingerprint density at radius 2 is 1.79 bits per heavy atom. The molecule has 0 unspecified atom stereocenters. The lowest BCUT2D eigenvalue weighted by atomic mass is 10.1. The second-order valence-corrected chi connectivity index (χ2v) is 7.83. The van der Waals surface area contributed by atoms with Gasteiger partial charge in [-0.2, -0.15) is 5.10 Å². The van der Waals surface area contributed by atoms with Crippen molar-refractivity contribution in [2.75, 3.05) is 13.7 Å². The highest BCUT2D eigenvalue weighted by Gasteiger charge is 2.09. The Morgan fingerprint density at radius 3 is 2.48 bits per heavy atom. The van der Waals surface area contributed by atoms with Crippen molar-refractivity contribution in [2.24, 2.45) is 5.10 Å². The highest BCUT2D eigenvalue weighted by Crippen LogP contribution is 2.30. The molecule has 3 aromatic carbocycles. The second-order valence-electron chi connectivity index (χ2n) is 6.98. The predicted octanol–water partition coefficient (Wildman–Crippen LogP) is 5.67. The lowest BCUT2D eigenvalue weighted by Crippen LogP contribution is -2.19. The summed E-state index contributed by atoms with van der Waals surface area (Å²) in [6.45, 7) is 2.63. The molecule has 172 valence electrons. The van der Waals surface area contributed by atoms with Crippen LogP contribution in [0.15, 0.2) is 65.8 Å². The van der Waals surface area contributed by atoms with Crippen LogP contribution in [0.2, 0.25) is 10.0 Å². The summed E-state index contributed by atoms with van der Waals surface area (Å²) >= 11 is 12.2. The summed E-state index contributed by atoms with van der Waals surface area (Å²) in [5.41, 5.74) is 4.96. The molecular weight excluding hydrogens is 463 g/mol. The van der Waals surface area contributed by atoms with Crippen LogP contribution in [0.1, 0.15) is 23.6 Å². The van der Waals surface area contributed by atoms with Crippen LogP contribution >= 0.6 is 23.2 Å². The maximum absolute atomic E-state index is 12.1. The van der Waals surface area contributed by atoms with Crippen molar-refractivity contribution in [2.45, 2.75) is 20.0 Å². The molecule has 8 heteroatoms. The first-order valence-corrected chi connectivity index (χ1v) is 11.0. The van der Waals surface area contributed by atoms with Gasteiger partial charge in [0.25, 0.3) is 0 Å². The number of carbonyl (C=O) groups excluding carboxylic acids is 1. The number of halogens is 2. The smallest absolute Gasteiger partial charge is 0.244 e. The Kier molecular flexibility index (Phi) is 8.98. The van der Waals surface area contributed by atoms with Gasteiger partial charge >= 0.3 is 0 Å². The summed E-state index contributed by atoms with van der Waals surface area (Å²) in [4.78, 5) is 12.1. The molecule has 0 fully saturated rings. The fourth-order valence-electron chi connectivity index (χ4n) is 2.93. The minimum Gasteiger partial charge on any atom is -0.497 e. The van der Waals surface area contributed by atoms with Crippen molar-refractivity contribution in [3.63, 3.8) is 0 Å². The SMILES string of the molecule is CCOc1cc(/C=N\NC(=O)Cc2ccc(OC)cc2)ccc1OCc1ccc(Cl)cc1Cl. The van der Waals surface area contributed by atoms with E-state index in [1.54, 1.807) is 37.6 Å². The maximum Gasteiger partial charge on any atom is 0.244 e. The molecule has 0 aliphatic heterocycles. The molecule has 33 heavy (non-hydrogen) atoms. The van der Waals surface area contributed by atoms with Gasteiger partial charge in [0.1, 0.15) is 12.4 Å². The van der Waals surface area contributed by atoms with Crippen molar-refractivity contribution in [1.82, 2.24) is 5.43 Å². The number of nitrogens with zero attached hydrogens (tertiary/aromatic N) is 1. The quantitative estimate of drug-likeness (QED) is 0.296. The van der Waals surface area contributed by atoms with Gasteiger partial charge in [-0.15, -0.1) is 0 Å². The molecule has 0 bridgehead atoms. The molecule has 0 spiro atoms. The number of rotatable bonds is 10. The van der Waals surface area contributed by atoms with Crippen molar-refractivity contribution in [1.29, 1.82) is 0 Å². The zero-order valence-electron chi connectivity index (χ0n) is 18.3. The largest absolute Gasteiger partial charge is 0.497 e. The molecule has 0 atom stereocenters. The standard InChI is InChI=1S/C25H24Cl2N2O4/c1-3-32-24-12-18(6-11-23(24)33-16-19-7-8-20(26)14-22(19)27)15-28-29-25(30)13-17-4-9-21(31-2)10-5-17/h4-12,14-15H,3,13,16H2,1-2H3,(H,29,30)/b28-15-. The highest BCUT2D eigenvalue weighted by atomic mass is 35.5. The Balaban J connectivity index is 1.60. The van der Waals surface area contributed by atoms with Crippen LogP contribution in [0, 0.1) is 0 Å². The highest BCUT2D eigenvalue weighted by molar-refractivity contribution is 6.35. The summed E-state index contributed by atoms with van der Waals surface area (Å²) < 4.78 is 16.7. The summed E-state index contributed by atoms with van der Waals surface area (Å²) in [5.74, 6) is 1.66. The molecule has 0 saturated heterocycles. The van der Waals surface area contributed by atoms with Gasteiger partial charge in [-0.3, -0.25) is 4.79 Å². The van der Waals surface area contributed by atoms with Crippen LogP contribution in [-0.4, -0.2) is 25.8 Å². The van der Waals surface area contributed by atoms with Gasteiger partial charge in [-0.25, -0.2) is 5.43 Å². The van der Waals surface area contributed by atoms with Crippen molar-refractivity contribution >= 4 is 35.3 Å². The fourth-order valence-corrected chi connectivity index (χ4v) is 3.40. The number of methoxy groups -OCH3 is 1. The number of benzene rings is 3. The lowest BCUT2D eigenvalue weighted by Gasteiger charge is -2.13. The first kappa shape index (κ1) is 24.4. The molecule has 1 amide bonds. The molecule has 0 aliphatic rings. The Morgan fingerprint density at radius 1 is 1.00 bits per heavy atom. The van der Waals surface area contributed by atoms with E-state index in [1.807, 2.05) is 43.3 Å². The molecule has 0 aliphatic carbocycles. The van der Waals surface area contributed by atoms with Crippen LogP contribution < -0.4 is 19.6 Å². The third-order valence-electron chi connectivity index (χ3n) is 4.59. The van der Waals surface area contributed by atoms with Crippen LogP contribution in [0.25, 0.3) is 0 Å². The van der Waals surface area contributed by atoms with Crippen LogP contribution in [-0.2, 0) is 17.8 Å². The van der Waals surface area contributed by atoms with E-state index in [4.69, 9.17) is 37.4 Å². The molecule has 0 radical (unpaired) electrons. The molecule has 0 saturated carbocycles. The summed E-state index contributed by atoms with van der Waals surface area (Å²) in [7, 11) is 1.60. The van der Waals surface area contributed by atoms with Gasteiger partial charge in [0.2, 0.25) is 5.91 Å². The van der Waals surface area contributed by atoms with E-state index in [-0.39, 0.29) is 18.9 Å². The number of carbonyl (C=O) groups is 1. The number of hydrogen-bond acceptors (Lipinski definition) is 5. The third-order valence-corrected chi connectivity index (χ3v) is 5.18. The van der Waals surface area contributed by atoms with E-state index in [0.717, 1.165) is 22.4 Å². The maximum atomic E-state index is 12.1. The van der Waals surface area contributed by atoms with Gasteiger partial charge in [-0.1, -0.05) is 41.4 Å². The van der Waals surface area contributed by atoms with E-state index >= 15 is 0 Å². The number of nitrogens with one attached hydrogen (secondary N) is 1. The minimum atomic E-state index is -0.221. The normalized spacial score (nSPS) is 10.8. The van der Waals surface area contributed by atoms with Crippen LogP contribution in [0.3, 0.4) is 0 Å². The van der Waals surface area contributed by atoms with E-state index < -0.39 is 0 Å². The average Bonchev–Trinajstić information content (AvgIpc) is 2.80. The number of amides is 1. The van der Waals surface area contributed by atoms with Crippen molar-refractivity contribution in [3.05, 3.63) is 87.4 Å². The molecule has 1 N–H and O–H groups in total. The monoisotopic (exact) mass is 486 g/mol. The molecule has 3 rings (SSSR count). The van der Waals surface area contributed by atoms with Gasteiger partial charge < -0.3 is 14.2 Å². The fraction of sp³-hybridized carbons (Fsp3) is 0.200. The van der Waals surface area contributed by atoms with Gasteiger partial charge in [0.05, 0.1) is 26.4 Å². The lowest BCUT2D eigenvalue weighted by molar-refractivity contribution is -0.120. The number of ether oxygens (including phenoxy) is 3. The van der Waals surface area contributed by atoms with E-state index in [2.05, 4.69) is 10.5 Å². The first-order chi connectivity index (χ1) is 16.0. The number of hydrogen-bond donors (Lipinski definition) is 1. The molecular formula is C25H24Cl2N2O4. The van der Waals surface area contributed by atoms with E-state index in [1.165, 1.54) is 0 Å². The molecule has 3 aromatic rings. The molecule has 0 aromatic heterocycles. The zero-order chi connectivity index (χ0) is 23.6. The second kappa shape index (κ2) is 12.1. The Hall–Kier alpha value is -3.22. The molecule has 6 nitrogen and oxygen atoms in total. The zero-order valence-corrected chi connectivity index (χ0v) is 19.8. The summed E-state index contributed by atoms with van der Waals surface area (Å²) in [5, 5.41) is 5.14. The van der Waals surface area contributed by atoms with Gasteiger partial charge in [0, 0.05) is 15.6 Å². The van der Waals surface area contributed by atoms with Crippen molar-refractivity contribution < 1.29 is 19.0 Å².